The van der Waals surface area contributed by atoms with Crippen LogP contribution >= 0.6 is 11.6 Å². The first-order valence-electron chi connectivity index (χ1n) is 13.7. The molecular weight excluding hydrogens is 621 g/mol. The number of carbonyl (C=O) groups is 1. The molecule has 0 aliphatic heterocycles. The van der Waals surface area contributed by atoms with E-state index < -0.39 is 57.0 Å². The van der Waals surface area contributed by atoms with E-state index in [2.05, 4.69) is 15.2 Å². The van der Waals surface area contributed by atoms with Crippen molar-refractivity contribution in [3.63, 3.8) is 0 Å². The van der Waals surface area contributed by atoms with Gasteiger partial charge in [0.05, 0.1) is 33.5 Å². The standard InChI is InChI=1S/C28H37ClF5N3O5S/c1-26(2,28(32,33)34)13-17-8-11-19(20(12-17)42-25(30)31)23-21(29)22(36-37(23)15-27(3,4)39)24(38)35-14-16-6-9-18(10-7-16)43(5,40)41/h8,11-12,16,18,25,39H,6-7,9-10,13-15H2,1-5H3,(H,35,38)/t16-,18-. The van der Waals surface area contributed by atoms with Crippen LogP contribution in [-0.4, -0.2) is 65.7 Å². The Morgan fingerprint density at radius 1 is 1.16 bits per heavy atom. The van der Waals surface area contributed by atoms with E-state index in [9.17, 15) is 40.3 Å². The Kier molecular flexibility index (Phi) is 10.5. The average Bonchev–Trinajstić information content (AvgIpc) is 3.15. The molecule has 8 nitrogen and oxygen atoms in total. The number of nitrogens with one attached hydrogen (secondary N) is 1. The van der Waals surface area contributed by atoms with E-state index in [-0.39, 0.29) is 46.5 Å². The van der Waals surface area contributed by atoms with Gasteiger partial charge in [0.15, 0.2) is 5.69 Å². The molecule has 1 heterocycles. The maximum atomic E-state index is 13.5. The van der Waals surface area contributed by atoms with E-state index in [1.54, 1.807) is 0 Å². The number of hydrogen-bond donors (Lipinski definition) is 2. The van der Waals surface area contributed by atoms with Gasteiger partial charge in [-0.3, -0.25) is 9.48 Å². The zero-order valence-corrected chi connectivity index (χ0v) is 26.1. The Hall–Kier alpha value is -2.45. The third-order valence-electron chi connectivity index (χ3n) is 7.53. The number of sulfone groups is 1. The summed E-state index contributed by atoms with van der Waals surface area (Å²) in [5.74, 6) is -1.12. The number of halogens is 6. The third kappa shape index (κ3) is 9.04. The average molecular weight is 658 g/mol. The summed E-state index contributed by atoms with van der Waals surface area (Å²) in [5, 5.41) is 16.8. The fourth-order valence-corrected chi connectivity index (χ4v) is 6.54. The number of nitrogens with zero attached hydrogens (tertiary/aromatic N) is 2. The van der Waals surface area contributed by atoms with Crippen LogP contribution in [0, 0.1) is 11.3 Å². The van der Waals surface area contributed by atoms with Crippen molar-refractivity contribution in [2.45, 2.75) is 90.0 Å². The smallest absolute Gasteiger partial charge is 0.394 e. The highest BCUT2D eigenvalue weighted by Gasteiger charge is 2.47. The number of rotatable bonds is 11. The van der Waals surface area contributed by atoms with E-state index in [1.807, 2.05) is 0 Å². The van der Waals surface area contributed by atoms with Crippen LogP contribution in [0.4, 0.5) is 22.0 Å². The number of aromatic nitrogens is 2. The maximum Gasteiger partial charge on any atom is 0.394 e. The molecule has 0 saturated heterocycles. The molecule has 0 radical (unpaired) electrons. The molecule has 2 aromatic rings. The number of alkyl halides is 5. The van der Waals surface area contributed by atoms with E-state index in [4.69, 9.17) is 11.6 Å². The number of amides is 1. The fraction of sp³-hybridized carbons (Fsp3) is 0.643. The largest absolute Gasteiger partial charge is 0.434 e. The van der Waals surface area contributed by atoms with E-state index in [0.29, 0.717) is 25.7 Å². The van der Waals surface area contributed by atoms with Crippen LogP contribution in [0.5, 0.6) is 5.75 Å². The predicted octanol–water partition coefficient (Wildman–Crippen LogP) is 6.04. The zero-order valence-electron chi connectivity index (χ0n) is 24.6. The van der Waals surface area contributed by atoms with Crippen molar-refractivity contribution in [1.29, 1.82) is 0 Å². The number of hydrogen-bond acceptors (Lipinski definition) is 6. The summed E-state index contributed by atoms with van der Waals surface area (Å²) < 4.78 is 96.9. The quantitative estimate of drug-likeness (QED) is 0.285. The minimum atomic E-state index is -4.56. The second-order valence-corrected chi connectivity index (χ2v) is 15.1. The van der Waals surface area contributed by atoms with Crippen LogP contribution in [0.25, 0.3) is 11.3 Å². The summed E-state index contributed by atoms with van der Waals surface area (Å²) in [6.45, 7) is 1.58. The molecule has 2 N–H and O–H groups in total. The molecule has 43 heavy (non-hydrogen) atoms. The maximum absolute atomic E-state index is 13.5. The van der Waals surface area contributed by atoms with Crippen molar-refractivity contribution in [3.8, 4) is 17.0 Å². The van der Waals surface area contributed by atoms with E-state index >= 15 is 0 Å². The molecule has 1 fully saturated rings. The normalized spacial score (nSPS) is 18.6. The lowest BCUT2D eigenvalue weighted by atomic mass is 9.84. The molecule has 242 valence electrons. The van der Waals surface area contributed by atoms with Gasteiger partial charge < -0.3 is 15.2 Å². The number of ether oxygens (including phenoxy) is 1. The van der Waals surface area contributed by atoms with Gasteiger partial charge in [0, 0.05) is 18.4 Å². The minimum absolute atomic E-state index is 0.0261. The van der Waals surface area contributed by atoms with Crippen molar-refractivity contribution in [3.05, 3.63) is 34.5 Å². The summed E-state index contributed by atoms with van der Waals surface area (Å²) in [7, 11) is -3.15. The van der Waals surface area contributed by atoms with Gasteiger partial charge >= 0.3 is 12.8 Å². The van der Waals surface area contributed by atoms with Gasteiger partial charge in [-0.25, -0.2) is 8.42 Å². The van der Waals surface area contributed by atoms with Gasteiger partial charge in [0.25, 0.3) is 5.91 Å². The van der Waals surface area contributed by atoms with Gasteiger partial charge in [0.2, 0.25) is 0 Å². The van der Waals surface area contributed by atoms with Crippen molar-refractivity contribution in [2.75, 3.05) is 12.8 Å². The second-order valence-electron chi connectivity index (χ2n) is 12.4. The molecular formula is C28H37ClF5N3O5S. The molecule has 1 aliphatic rings. The Morgan fingerprint density at radius 2 is 1.77 bits per heavy atom. The third-order valence-corrected chi connectivity index (χ3v) is 9.57. The first-order valence-corrected chi connectivity index (χ1v) is 16.0. The highest BCUT2D eigenvalue weighted by molar-refractivity contribution is 7.91. The number of carbonyl (C=O) groups excluding carboxylic acids is 1. The van der Waals surface area contributed by atoms with Crippen molar-refractivity contribution >= 4 is 27.3 Å². The van der Waals surface area contributed by atoms with Crippen LogP contribution in [0.1, 0.15) is 69.4 Å². The highest BCUT2D eigenvalue weighted by Crippen LogP contribution is 2.43. The molecule has 1 saturated carbocycles. The van der Waals surface area contributed by atoms with E-state index in [0.717, 1.165) is 19.9 Å². The molecule has 0 atom stereocenters. The summed E-state index contributed by atoms with van der Waals surface area (Å²) in [4.78, 5) is 13.2. The van der Waals surface area contributed by atoms with Crippen molar-refractivity contribution in [2.24, 2.45) is 11.3 Å². The van der Waals surface area contributed by atoms with Gasteiger partial charge in [-0.05, 0) is 69.6 Å². The number of benzene rings is 1. The fourth-order valence-electron chi connectivity index (χ4n) is 5.08. The van der Waals surface area contributed by atoms with Gasteiger partial charge in [0.1, 0.15) is 15.6 Å². The van der Waals surface area contributed by atoms with Crippen LogP contribution < -0.4 is 10.1 Å². The monoisotopic (exact) mass is 657 g/mol. The Morgan fingerprint density at radius 3 is 2.28 bits per heavy atom. The topological polar surface area (TPSA) is 111 Å². The van der Waals surface area contributed by atoms with E-state index in [1.165, 1.54) is 36.9 Å². The lowest BCUT2D eigenvalue weighted by Gasteiger charge is -2.28. The molecule has 15 heteroatoms. The Bertz CT molecular complexity index is 1410. The predicted molar refractivity (Wildman–Crippen MR) is 152 cm³/mol. The second kappa shape index (κ2) is 12.9. The Labute approximate surface area is 252 Å². The molecule has 1 aromatic carbocycles. The summed E-state index contributed by atoms with van der Waals surface area (Å²) in [6, 6.07) is 3.66. The van der Waals surface area contributed by atoms with Crippen LogP contribution in [0.15, 0.2) is 18.2 Å². The van der Waals surface area contributed by atoms with Gasteiger partial charge in [-0.15, -0.1) is 0 Å². The van der Waals surface area contributed by atoms with Crippen molar-refractivity contribution < 1.29 is 45.0 Å². The Balaban J connectivity index is 1.96. The summed E-state index contributed by atoms with van der Waals surface area (Å²) in [5.41, 5.74) is -3.83. The lowest BCUT2D eigenvalue weighted by Crippen LogP contribution is -2.34. The number of aliphatic hydroxyl groups is 1. The zero-order chi connectivity index (χ0) is 32.5. The molecule has 1 aromatic heterocycles. The summed E-state index contributed by atoms with van der Waals surface area (Å²) in [6.07, 6.45) is -1.73. The SMILES string of the molecule is CC(C)(O)Cn1nc(C(=O)NC[C@H]2CC[C@H](S(C)(=O)=O)CC2)c(Cl)c1-c1ccc(CC(C)(C)C(F)(F)F)cc1OC(F)F. The first-order chi connectivity index (χ1) is 19.6. The molecule has 0 spiro atoms. The van der Waals surface area contributed by atoms with Gasteiger partial charge in [-0.2, -0.15) is 27.1 Å². The molecule has 3 rings (SSSR count). The van der Waals surface area contributed by atoms with Gasteiger partial charge in [-0.1, -0.05) is 31.5 Å². The van der Waals surface area contributed by atoms with Crippen LogP contribution in [0.3, 0.4) is 0 Å². The minimum Gasteiger partial charge on any atom is -0.434 e. The highest BCUT2D eigenvalue weighted by atomic mass is 35.5. The molecule has 1 aliphatic carbocycles. The lowest BCUT2D eigenvalue weighted by molar-refractivity contribution is -0.211. The van der Waals surface area contributed by atoms with Crippen LogP contribution in [0.2, 0.25) is 5.02 Å². The molecule has 1 amide bonds. The van der Waals surface area contributed by atoms with Crippen LogP contribution in [-0.2, 0) is 22.8 Å². The van der Waals surface area contributed by atoms with Crippen molar-refractivity contribution in [1.82, 2.24) is 15.1 Å². The molecule has 0 bridgehead atoms. The first kappa shape index (κ1) is 35.0. The molecule has 0 unspecified atom stereocenters. The summed E-state index contributed by atoms with van der Waals surface area (Å²) >= 11 is 6.61.